The van der Waals surface area contributed by atoms with E-state index in [-0.39, 0.29) is 12.1 Å². The molecule has 0 radical (unpaired) electrons. The molecule has 2 rings (SSSR count). The maximum Gasteiger partial charge on any atom is 0.129 e. The Morgan fingerprint density at radius 2 is 2.53 bits per heavy atom. The molecule has 3 N–H and O–H groups in total. The molecule has 1 aliphatic heterocycles. The standard InChI is InChI=1S/C11H20N4O2/c1-2-4-15-5-3-13-11(15)10(14-12)9-8-16-6-7-17-9/h3,5,9-10,14H,2,4,6-8,12H2,1H3. The van der Waals surface area contributed by atoms with Crippen molar-refractivity contribution in [1.29, 1.82) is 0 Å². The third-order valence-electron chi connectivity index (χ3n) is 2.88. The van der Waals surface area contributed by atoms with Crippen molar-refractivity contribution in [3.8, 4) is 0 Å². The first-order valence-electron chi connectivity index (χ1n) is 6.03. The summed E-state index contributed by atoms with van der Waals surface area (Å²) in [4.78, 5) is 4.37. The highest BCUT2D eigenvalue weighted by Crippen LogP contribution is 2.19. The van der Waals surface area contributed by atoms with Crippen molar-refractivity contribution in [1.82, 2.24) is 15.0 Å². The van der Waals surface area contributed by atoms with Gasteiger partial charge >= 0.3 is 0 Å². The second-order valence-corrected chi connectivity index (χ2v) is 4.11. The number of nitrogens with zero attached hydrogens (tertiary/aromatic N) is 2. The molecule has 1 saturated heterocycles. The first-order valence-corrected chi connectivity index (χ1v) is 6.03. The molecule has 96 valence electrons. The van der Waals surface area contributed by atoms with Gasteiger partial charge in [-0.05, 0) is 6.42 Å². The van der Waals surface area contributed by atoms with Gasteiger partial charge in [0.05, 0.1) is 19.8 Å². The molecule has 0 bridgehead atoms. The van der Waals surface area contributed by atoms with E-state index in [0.717, 1.165) is 18.8 Å². The van der Waals surface area contributed by atoms with Crippen LogP contribution in [0.5, 0.6) is 0 Å². The number of aromatic nitrogens is 2. The molecular weight excluding hydrogens is 220 g/mol. The zero-order chi connectivity index (χ0) is 12.1. The third kappa shape index (κ3) is 2.84. The van der Waals surface area contributed by atoms with E-state index < -0.39 is 0 Å². The van der Waals surface area contributed by atoms with Crippen LogP contribution in [0.2, 0.25) is 0 Å². The van der Waals surface area contributed by atoms with Gasteiger partial charge < -0.3 is 14.0 Å². The minimum absolute atomic E-state index is 0.0771. The van der Waals surface area contributed by atoms with Crippen molar-refractivity contribution >= 4 is 0 Å². The molecule has 0 amide bonds. The Balaban J connectivity index is 2.12. The molecule has 6 heteroatoms. The third-order valence-corrected chi connectivity index (χ3v) is 2.88. The molecule has 0 aliphatic carbocycles. The maximum absolute atomic E-state index is 5.67. The maximum atomic E-state index is 5.67. The Morgan fingerprint density at radius 1 is 1.65 bits per heavy atom. The predicted molar refractivity (Wildman–Crippen MR) is 63.1 cm³/mol. The zero-order valence-corrected chi connectivity index (χ0v) is 10.1. The predicted octanol–water partition coefficient (Wildman–Crippen LogP) is 0.213. The van der Waals surface area contributed by atoms with E-state index in [1.165, 1.54) is 0 Å². The Labute approximate surface area is 101 Å². The van der Waals surface area contributed by atoms with Crippen molar-refractivity contribution in [2.75, 3.05) is 19.8 Å². The van der Waals surface area contributed by atoms with E-state index in [2.05, 4.69) is 21.9 Å². The molecular formula is C11H20N4O2. The van der Waals surface area contributed by atoms with Crippen molar-refractivity contribution in [2.24, 2.45) is 5.84 Å². The number of nitrogens with two attached hydrogens (primary N) is 1. The molecule has 1 aliphatic rings. The fraction of sp³-hybridized carbons (Fsp3) is 0.727. The molecule has 0 saturated carbocycles. The summed E-state index contributed by atoms with van der Waals surface area (Å²) in [5.74, 6) is 6.53. The SMILES string of the molecule is CCCn1ccnc1C(NN)C1COCCO1. The number of aryl methyl sites for hydroxylation is 1. The number of rotatable bonds is 5. The topological polar surface area (TPSA) is 74.3 Å². The van der Waals surface area contributed by atoms with E-state index in [1.54, 1.807) is 6.20 Å². The molecule has 1 aromatic rings. The fourth-order valence-electron chi connectivity index (χ4n) is 2.08. The van der Waals surface area contributed by atoms with Crippen molar-refractivity contribution in [3.63, 3.8) is 0 Å². The monoisotopic (exact) mass is 240 g/mol. The lowest BCUT2D eigenvalue weighted by Gasteiger charge is -2.29. The lowest BCUT2D eigenvalue weighted by atomic mass is 10.1. The summed E-state index contributed by atoms with van der Waals surface area (Å²) in [6.45, 7) is 4.87. The van der Waals surface area contributed by atoms with Gasteiger partial charge in [0, 0.05) is 18.9 Å². The Morgan fingerprint density at radius 3 is 3.18 bits per heavy atom. The second kappa shape index (κ2) is 6.11. The summed E-state index contributed by atoms with van der Waals surface area (Å²) < 4.78 is 13.2. The van der Waals surface area contributed by atoms with Gasteiger partial charge in [-0.1, -0.05) is 6.92 Å². The molecule has 0 aromatic carbocycles. The summed E-state index contributed by atoms with van der Waals surface area (Å²) in [5.41, 5.74) is 2.78. The molecule has 1 fully saturated rings. The number of hydrazine groups is 1. The summed E-state index contributed by atoms with van der Waals surface area (Å²) in [6, 6.07) is -0.128. The normalized spacial score (nSPS) is 22.6. The number of nitrogens with one attached hydrogen (secondary N) is 1. The number of imidazole rings is 1. The van der Waals surface area contributed by atoms with Crippen LogP contribution in [-0.2, 0) is 16.0 Å². The van der Waals surface area contributed by atoms with E-state index in [4.69, 9.17) is 15.3 Å². The van der Waals surface area contributed by atoms with Gasteiger partial charge in [0.1, 0.15) is 18.0 Å². The largest absolute Gasteiger partial charge is 0.376 e. The van der Waals surface area contributed by atoms with Gasteiger partial charge in [0.25, 0.3) is 0 Å². The van der Waals surface area contributed by atoms with Gasteiger partial charge in [-0.25, -0.2) is 10.4 Å². The highest BCUT2D eigenvalue weighted by atomic mass is 16.6. The zero-order valence-electron chi connectivity index (χ0n) is 10.1. The first-order chi connectivity index (χ1) is 8.36. The minimum Gasteiger partial charge on any atom is -0.376 e. The quantitative estimate of drug-likeness (QED) is 0.568. The lowest BCUT2D eigenvalue weighted by Crippen LogP contribution is -2.44. The average Bonchev–Trinajstić information content (AvgIpc) is 2.81. The second-order valence-electron chi connectivity index (χ2n) is 4.11. The van der Waals surface area contributed by atoms with Crippen LogP contribution in [0.1, 0.15) is 25.2 Å². The van der Waals surface area contributed by atoms with E-state index in [1.807, 2.05) is 6.20 Å². The molecule has 2 heterocycles. The van der Waals surface area contributed by atoms with Crippen molar-refractivity contribution < 1.29 is 9.47 Å². The van der Waals surface area contributed by atoms with Gasteiger partial charge in [0.15, 0.2) is 0 Å². The first kappa shape index (κ1) is 12.5. The number of hydrogen-bond donors (Lipinski definition) is 2. The lowest BCUT2D eigenvalue weighted by molar-refractivity contribution is -0.104. The summed E-state index contributed by atoms with van der Waals surface area (Å²) in [7, 11) is 0. The minimum atomic E-state index is -0.128. The highest BCUT2D eigenvalue weighted by molar-refractivity contribution is 5.02. The van der Waals surface area contributed by atoms with Gasteiger partial charge in [-0.15, -0.1) is 0 Å². The summed E-state index contributed by atoms with van der Waals surface area (Å²) >= 11 is 0. The summed E-state index contributed by atoms with van der Waals surface area (Å²) in [5, 5.41) is 0. The smallest absolute Gasteiger partial charge is 0.129 e. The van der Waals surface area contributed by atoms with Crippen molar-refractivity contribution in [2.45, 2.75) is 32.0 Å². The van der Waals surface area contributed by atoms with Crippen LogP contribution in [0.4, 0.5) is 0 Å². The number of hydrogen-bond acceptors (Lipinski definition) is 5. The van der Waals surface area contributed by atoms with Crippen LogP contribution in [0.15, 0.2) is 12.4 Å². The molecule has 2 unspecified atom stereocenters. The highest BCUT2D eigenvalue weighted by Gasteiger charge is 2.28. The van der Waals surface area contributed by atoms with Crippen LogP contribution in [0, 0.1) is 0 Å². The van der Waals surface area contributed by atoms with Crippen LogP contribution < -0.4 is 11.3 Å². The van der Waals surface area contributed by atoms with Crippen LogP contribution in [0.3, 0.4) is 0 Å². The average molecular weight is 240 g/mol. The van der Waals surface area contributed by atoms with Crippen LogP contribution in [-0.4, -0.2) is 35.5 Å². The fourth-order valence-corrected chi connectivity index (χ4v) is 2.08. The molecule has 6 nitrogen and oxygen atoms in total. The summed E-state index contributed by atoms with van der Waals surface area (Å²) in [6.07, 6.45) is 4.74. The number of ether oxygens (including phenoxy) is 2. The van der Waals surface area contributed by atoms with E-state index in [9.17, 15) is 0 Å². The Hall–Kier alpha value is -0.950. The van der Waals surface area contributed by atoms with Crippen LogP contribution in [0.25, 0.3) is 0 Å². The van der Waals surface area contributed by atoms with Gasteiger partial charge in [-0.2, -0.15) is 0 Å². The van der Waals surface area contributed by atoms with Crippen LogP contribution >= 0.6 is 0 Å². The molecule has 1 aromatic heterocycles. The molecule has 17 heavy (non-hydrogen) atoms. The van der Waals surface area contributed by atoms with Gasteiger partial charge in [-0.3, -0.25) is 5.84 Å². The molecule has 2 atom stereocenters. The Kier molecular flexibility index (Phi) is 4.49. The van der Waals surface area contributed by atoms with E-state index >= 15 is 0 Å². The van der Waals surface area contributed by atoms with Gasteiger partial charge in [0.2, 0.25) is 0 Å². The van der Waals surface area contributed by atoms with Crippen molar-refractivity contribution in [3.05, 3.63) is 18.2 Å². The Bertz CT molecular complexity index is 336. The van der Waals surface area contributed by atoms with E-state index in [0.29, 0.717) is 19.8 Å². The molecule has 0 spiro atoms.